The molecule has 0 saturated carbocycles. The van der Waals surface area contributed by atoms with Gasteiger partial charge in [0.2, 0.25) is 0 Å². The van der Waals surface area contributed by atoms with Crippen LogP contribution in [0.1, 0.15) is 6.92 Å². The molecule has 0 bridgehead atoms. The highest BCUT2D eigenvalue weighted by atomic mass is 16.5. The molecule has 0 saturated heterocycles. The molecule has 0 heterocycles. The van der Waals surface area contributed by atoms with E-state index in [-0.39, 0.29) is 5.97 Å². The minimum absolute atomic E-state index is 0.349. The first kappa shape index (κ1) is 12.7. The summed E-state index contributed by atoms with van der Waals surface area (Å²) in [4.78, 5) is 11.0. The molecule has 0 amide bonds. The average Bonchev–Trinajstić information content (AvgIpc) is 2.17. The predicted molar refractivity (Wildman–Crippen MR) is 54.8 cm³/mol. The Balaban J connectivity index is 3.96. The van der Waals surface area contributed by atoms with Gasteiger partial charge in [0.15, 0.2) is 0 Å². The molecular weight excluding hydrogens is 182 g/mol. The highest BCUT2D eigenvalue weighted by Crippen LogP contribution is 1.92. The van der Waals surface area contributed by atoms with Crippen molar-refractivity contribution >= 4 is 5.97 Å². The number of rotatable bonds is 7. The molecule has 14 heavy (non-hydrogen) atoms. The molecule has 0 aromatic carbocycles. The van der Waals surface area contributed by atoms with Crippen LogP contribution in [0.25, 0.3) is 0 Å². The van der Waals surface area contributed by atoms with Crippen molar-refractivity contribution in [2.24, 2.45) is 0 Å². The van der Waals surface area contributed by atoms with E-state index in [0.717, 1.165) is 0 Å². The van der Waals surface area contributed by atoms with E-state index in [1.807, 2.05) is 0 Å². The SMILES string of the molecule is C=CCOC/C(=C/C(=O)OCC)NC. The molecule has 0 rings (SSSR count). The van der Waals surface area contributed by atoms with Crippen LogP contribution in [0.4, 0.5) is 0 Å². The summed E-state index contributed by atoms with van der Waals surface area (Å²) in [5.74, 6) is -0.362. The van der Waals surface area contributed by atoms with Gasteiger partial charge in [-0.05, 0) is 6.92 Å². The summed E-state index contributed by atoms with van der Waals surface area (Å²) in [5.41, 5.74) is 0.685. The standard InChI is InChI=1S/C10H17NO3/c1-4-6-13-8-9(11-3)7-10(12)14-5-2/h4,7,11H,1,5-6,8H2,2-3H3/b9-7-. The summed E-state index contributed by atoms with van der Waals surface area (Å²) in [6.07, 6.45) is 3.03. The molecule has 0 spiro atoms. The maximum atomic E-state index is 11.0. The number of ether oxygens (including phenoxy) is 2. The maximum absolute atomic E-state index is 11.0. The lowest BCUT2D eigenvalue weighted by molar-refractivity contribution is -0.137. The van der Waals surface area contributed by atoms with Gasteiger partial charge >= 0.3 is 5.97 Å². The van der Waals surface area contributed by atoms with Crippen LogP contribution >= 0.6 is 0 Å². The van der Waals surface area contributed by atoms with Gasteiger partial charge in [0.1, 0.15) is 0 Å². The monoisotopic (exact) mass is 199 g/mol. The van der Waals surface area contributed by atoms with Gasteiger partial charge < -0.3 is 14.8 Å². The third kappa shape index (κ3) is 6.25. The quantitative estimate of drug-likeness (QED) is 0.286. The van der Waals surface area contributed by atoms with Crippen molar-refractivity contribution in [3.8, 4) is 0 Å². The molecule has 0 radical (unpaired) electrons. The largest absolute Gasteiger partial charge is 0.463 e. The molecule has 0 aromatic rings. The van der Waals surface area contributed by atoms with Crippen LogP contribution in [0.2, 0.25) is 0 Å². The van der Waals surface area contributed by atoms with Crippen LogP contribution in [-0.2, 0) is 14.3 Å². The van der Waals surface area contributed by atoms with Crippen molar-refractivity contribution in [3.05, 3.63) is 24.4 Å². The normalized spacial score (nSPS) is 10.9. The second kappa shape index (κ2) is 8.31. The summed E-state index contributed by atoms with van der Waals surface area (Å²) < 4.78 is 9.91. The number of hydrogen-bond donors (Lipinski definition) is 1. The topological polar surface area (TPSA) is 47.6 Å². The molecule has 1 N–H and O–H groups in total. The Labute approximate surface area is 84.6 Å². The number of nitrogens with one attached hydrogen (secondary N) is 1. The lowest BCUT2D eigenvalue weighted by Gasteiger charge is -2.06. The molecule has 0 fully saturated rings. The number of carbonyl (C=O) groups excluding carboxylic acids is 1. The first-order valence-corrected chi connectivity index (χ1v) is 4.48. The first-order chi connectivity index (χ1) is 6.74. The van der Waals surface area contributed by atoms with Gasteiger partial charge in [-0.1, -0.05) is 6.08 Å². The zero-order chi connectivity index (χ0) is 10.8. The van der Waals surface area contributed by atoms with Crippen LogP contribution in [0.5, 0.6) is 0 Å². The van der Waals surface area contributed by atoms with Gasteiger partial charge in [0.25, 0.3) is 0 Å². The zero-order valence-electron chi connectivity index (χ0n) is 8.71. The summed E-state index contributed by atoms with van der Waals surface area (Å²) in [6.45, 7) is 6.46. The van der Waals surface area contributed by atoms with E-state index in [1.165, 1.54) is 6.08 Å². The molecule has 0 aromatic heterocycles. The van der Waals surface area contributed by atoms with E-state index in [2.05, 4.69) is 11.9 Å². The Kier molecular flexibility index (Phi) is 7.55. The smallest absolute Gasteiger partial charge is 0.332 e. The second-order valence-electron chi connectivity index (χ2n) is 2.48. The Morgan fingerprint density at radius 1 is 1.57 bits per heavy atom. The van der Waals surface area contributed by atoms with Gasteiger partial charge in [-0.15, -0.1) is 6.58 Å². The fourth-order valence-electron chi connectivity index (χ4n) is 0.764. The van der Waals surface area contributed by atoms with E-state index >= 15 is 0 Å². The van der Waals surface area contributed by atoms with E-state index in [9.17, 15) is 4.79 Å². The highest BCUT2D eigenvalue weighted by molar-refractivity contribution is 5.82. The highest BCUT2D eigenvalue weighted by Gasteiger charge is 2.00. The molecule has 0 atom stereocenters. The predicted octanol–water partition coefficient (Wildman–Crippen LogP) is 0.855. The van der Waals surface area contributed by atoms with Crippen LogP contribution in [-0.4, -0.2) is 32.8 Å². The summed E-state index contributed by atoms with van der Waals surface area (Å²) in [5, 5.41) is 2.85. The van der Waals surface area contributed by atoms with Crippen molar-refractivity contribution in [2.75, 3.05) is 26.9 Å². The van der Waals surface area contributed by atoms with E-state index in [0.29, 0.717) is 25.5 Å². The van der Waals surface area contributed by atoms with Crippen molar-refractivity contribution in [3.63, 3.8) is 0 Å². The lowest BCUT2D eigenvalue weighted by Crippen LogP contribution is -2.15. The Bertz CT molecular complexity index is 211. The first-order valence-electron chi connectivity index (χ1n) is 4.48. The molecule has 80 valence electrons. The maximum Gasteiger partial charge on any atom is 0.332 e. The summed E-state index contributed by atoms with van der Waals surface area (Å²) in [7, 11) is 1.72. The van der Waals surface area contributed by atoms with Gasteiger partial charge in [-0.25, -0.2) is 4.79 Å². The molecule has 0 aliphatic carbocycles. The van der Waals surface area contributed by atoms with Crippen molar-refractivity contribution in [1.29, 1.82) is 0 Å². The number of esters is 1. The molecule has 0 aliphatic heterocycles. The molecule has 0 aliphatic rings. The van der Waals surface area contributed by atoms with Crippen LogP contribution in [0, 0.1) is 0 Å². The Morgan fingerprint density at radius 2 is 2.29 bits per heavy atom. The number of hydrogen-bond acceptors (Lipinski definition) is 4. The van der Waals surface area contributed by atoms with Crippen molar-refractivity contribution in [1.82, 2.24) is 5.32 Å². The van der Waals surface area contributed by atoms with Crippen molar-refractivity contribution in [2.45, 2.75) is 6.92 Å². The van der Waals surface area contributed by atoms with Gasteiger partial charge in [0.05, 0.1) is 19.8 Å². The van der Waals surface area contributed by atoms with Gasteiger partial charge in [-0.3, -0.25) is 0 Å². The minimum atomic E-state index is -0.362. The summed E-state index contributed by atoms with van der Waals surface area (Å²) >= 11 is 0. The summed E-state index contributed by atoms with van der Waals surface area (Å²) in [6, 6.07) is 0. The third-order valence-electron chi connectivity index (χ3n) is 1.39. The van der Waals surface area contributed by atoms with Crippen LogP contribution in [0.3, 0.4) is 0 Å². The molecule has 4 heteroatoms. The third-order valence-corrected chi connectivity index (χ3v) is 1.39. The zero-order valence-corrected chi connectivity index (χ0v) is 8.71. The molecule has 4 nitrogen and oxygen atoms in total. The number of likely N-dealkylation sites (N-methyl/N-ethyl adjacent to an activating group) is 1. The van der Waals surface area contributed by atoms with Gasteiger partial charge in [0, 0.05) is 18.8 Å². The second-order valence-corrected chi connectivity index (χ2v) is 2.48. The Morgan fingerprint density at radius 3 is 2.79 bits per heavy atom. The van der Waals surface area contributed by atoms with E-state index in [1.54, 1.807) is 20.0 Å². The molecule has 0 unspecified atom stereocenters. The van der Waals surface area contributed by atoms with Crippen LogP contribution < -0.4 is 5.32 Å². The Hall–Kier alpha value is -1.29. The lowest BCUT2D eigenvalue weighted by atomic mass is 10.4. The fourth-order valence-corrected chi connectivity index (χ4v) is 0.764. The number of carbonyl (C=O) groups is 1. The average molecular weight is 199 g/mol. The molecular formula is C10H17NO3. The van der Waals surface area contributed by atoms with Crippen LogP contribution in [0.15, 0.2) is 24.4 Å². The van der Waals surface area contributed by atoms with E-state index in [4.69, 9.17) is 9.47 Å². The fraction of sp³-hybridized carbons (Fsp3) is 0.500. The minimum Gasteiger partial charge on any atom is -0.463 e. The van der Waals surface area contributed by atoms with Crippen molar-refractivity contribution < 1.29 is 14.3 Å². The van der Waals surface area contributed by atoms with E-state index < -0.39 is 0 Å². The van der Waals surface area contributed by atoms with Gasteiger partial charge in [-0.2, -0.15) is 0 Å².